The number of aliphatic carboxylic acids is 1. The summed E-state index contributed by atoms with van der Waals surface area (Å²) in [7, 11) is 0. The molecule has 0 saturated heterocycles. The summed E-state index contributed by atoms with van der Waals surface area (Å²) in [5.41, 5.74) is 4.69. The summed E-state index contributed by atoms with van der Waals surface area (Å²) in [6.07, 6.45) is 2.81. The number of rotatable bonds is 5. The molecule has 3 aromatic rings. The van der Waals surface area contributed by atoms with Gasteiger partial charge in [-0.25, -0.2) is 9.50 Å². The first-order chi connectivity index (χ1) is 13.4. The lowest BCUT2D eigenvalue weighted by molar-refractivity contribution is -0.141. The molecule has 1 aromatic carbocycles. The molecule has 146 valence electrons. The van der Waals surface area contributed by atoms with Crippen molar-refractivity contribution in [3.63, 3.8) is 0 Å². The van der Waals surface area contributed by atoms with Gasteiger partial charge in [-0.15, -0.1) is 0 Å². The van der Waals surface area contributed by atoms with Crippen LogP contribution >= 0.6 is 0 Å². The van der Waals surface area contributed by atoms with Gasteiger partial charge in [0.25, 0.3) is 0 Å². The van der Waals surface area contributed by atoms with Gasteiger partial charge in [-0.1, -0.05) is 12.1 Å². The maximum absolute atomic E-state index is 12.4. The van der Waals surface area contributed by atoms with Crippen molar-refractivity contribution in [3.05, 3.63) is 41.2 Å². The summed E-state index contributed by atoms with van der Waals surface area (Å²) in [4.78, 5) is 28.2. The third kappa shape index (κ3) is 3.32. The van der Waals surface area contributed by atoms with E-state index in [1.54, 1.807) is 0 Å². The zero-order valence-corrected chi connectivity index (χ0v) is 16.1. The quantitative estimate of drug-likeness (QED) is 0.709. The zero-order chi connectivity index (χ0) is 19.8. The molecule has 7 heteroatoms. The minimum Gasteiger partial charge on any atom is -0.481 e. The van der Waals surface area contributed by atoms with E-state index in [1.165, 1.54) is 0 Å². The van der Waals surface area contributed by atoms with Crippen molar-refractivity contribution < 1.29 is 14.7 Å². The van der Waals surface area contributed by atoms with Crippen LogP contribution in [0.25, 0.3) is 16.6 Å². The van der Waals surface area contributed by atoms with Crippen molar-refractivity contribution in [2.45, 2.75) is 52.0 Å². The van der Waals surface area contributed by atoms with E-state index in [2.05, 4.69) is 10.4 Å². The van der Waals surface area contributed by atoms with Crippen LogP contribution in [-0.4, -0.2) is 37.6 Å². The van der Waals surface area contributed by atoms with Crippen LogP contribution in [0.5, 0.6) is 0 Å². The topological polar surface area (TPSA) is 96.6 Å². The van der Waals surface area contributed by atoms with E-state index < -0.39 is 5.97 Å². The standard InChI is InChI=1S/C21H24N4O3/c1-12-16(9-10-19(26)23-15-8-7-14(11-15)21(27)28)13(2)25-20(22-12)17-5-3-4-6-18(17)24-25/h3-6,14-15H,7-11H2,1-2H3,(H,23,26)(H,27,28)/t14-,15+/m0/s1. The Morgan fingerprint density at radius 1 is 1.25 bits per heavy atom. The second-order valence-corrected chi connectivity index (χ2v) is 7.63. The van der Waals surface area contributed by atoms with E-state index >= 15 is 0 Å². The molecular formula is C21H24N4O3. The van der Waals surface area contributed by atoms with E-state index in [9.17, 15) is 9.59 Å². The Hall–Kier alpha value is -2.96. The summed E-state index contributed by atoms with van der Waals surface area (Å²) < 4.78 is 1.86. The predicted molar refractivity (Wildman–Crippen MR) is 105 cm³/mol. The fourth-order valence-electron chi connectivity index (χ4n) is 4.21. The Morgan fingerprint density at radius 2 is 2.04 bits per heavy atom. The maximum atomic E-state index is 12.4. The summed E-state index contributed by atoms with van der Waals surface area (Å²) in [6.45, 7) is 3.98. The van der Waals surface area contributed by atoms with Gasteiger partial charge in [0.2, 0.25) is 5.91 Å². The number of hydrogen-bond acceptors (Lipinski definition) is 4. The van der Waals surface area contributed by atoms with Gasteiger partial charge >= 0.3 is 5.97 Å². The van der Waals surface area contributed by atoms with Crippen molar-refractivity contribution in [1.82, 2.24) is 19.9 Å². The molecule has 1 amide bonds. The lowest BCUT2D eigenvalue weighted by Crippen LogP contribution is -2.33. The number of carbonyl (C=O) groups excluding carboxylic acids is 1. The molecular weight excluding hydrogens is 356 g/mol. The largest absolute Gasteiger partial charge is 0.481 e. The molecule has 0 aliphatic heterocycles. The van der Waals surface area contributed by atoms with E-state index in [0.29, 0.717) is 25.7 Å². The molecule has 1 saturated carbocycles. The monoisotopic (exact) mass is 380 g/mol. The summed E-state index contributed by atoms with van der Waals surface area (Å²) >= 11 is 0. The zero-order valence-electron chi connectivity index (χ0n) is 16.1. The first-order valence-electron chi connectivity index (χ1n) is 9.69. The van der Waals surface area contributed by atoms with Gasteiger partial charge in [0, 0.05) is 29.2 Å². The number of nitrogens with zero attached hydrogens (tertiary/aromatic N) is 3. The van der Waals surface area contributed by atoms with E-state index in [4.69, 9.17) is 10.1 Å². The lowest BCUT2D eigenvalue weighted by atomic mass is 10.1. The smallest absolute Gasteiger partial charge is 0.306 e. The molecule has 28 heavy (non-hydrogen) atoms. The number of benzene rings is 1. The van der Waals surface area contributed by atoms with Gasteiger partial charge in [-0.3, -0.25) is 9.59 Å². The van der Waals surface area contributed by atoms with E-state index in [-0.39, 0.29) is 17.9 Å². The maximum Gasteiger partial charge on any atom is 0.306 e. The molecule has 1 fully saturated rings. The second-order valence-electron chi connectivity index (χ2n) is 7.63. The summed E-state index contributed by atoms with van der Waals surface area (Å²) in [5, 5.41) is 17.7. The van der Waals surface area contributed by atoms with Crippen molar-refractivity contribution in [2.75, 3.05) is 0 Å². The Bertz CT molecular complexity index is 1070. The van der Waals surface area contributed by atoms with Crippen LogP contribution in [0.4, 0.5) is 0 Å². The van der Waals surface area contributed by atoms with Crippen molar-refractivity contribution >= 4 is 28.4 Å². The fraction of sp³-hybridized carbons (Fsp3) is 0.429. The second kappa shape index (κ2) is 7.22. The van der Waals surface area contributed by atoms with Crippen LogP contribution in [-0.2, 0) is 16.0 Å². The van der Waals surface area contributed by atoms with Crippen molar-refractivity contribution in [1.29, 1.82) is 0 Å². The number of amides is 1. The van der Waals surface area contributed by atoms with Gasteiger partial charge in [-0.2, -0.15) is 5.10 Å². The number of hydrogen-bond donors (Lipinski definition) is 2. The molecule has 2 heterocycles. The van der Waals surface area contributed by atoms with Crippen LogP contribution in [0, 0.1) is 19.8 Å². The first kappa shape index (κ1) is 18.4. The molecule has 1 aliphatic rings. The highest BCUT2D eigenvalue weighted by Crippen LogP contribution is 2.26. The number of nitrogens with one attached hydrogen (secondary N) is 1. The van der Waals surface area contributed by atoms with Crippen molar-refractivity contribution in [3.8, 4) is 0 Å². The molecule has 0 radical (unpaired) electrons. The molecule has 0 spiro atoms. The van der Waals surface area contributed by atoms with Gasteiger partial charge in [0.15, 0.2) is 5.65 Å². The number of aromatic nitrogens is 3. The number of fused-ring (bicyclic) bond motifs is 3. The third-order valence-electron chi connectivity index (χ3n) is 5.77. The summed E-state index contributed by atoms with van der Waals surface area (Å²) in [5.74, 6) is -1.15. The number of carboxylic acids is 1. The van der Waals surface area contributed by atoms with Gasteiger partial charge in [0.1, 0.15) is 0 Å². The number of carboxylic acid groups (broad SMARTS) is 1. The average Bonchev–Trinajstić information content (AvgIpc) is 3.27. The van der Waals surface area contributed by atoms with Crippen LogP contribution in [0.2, 0.25) is 0 Å². The van der Waals surface area contributed by atoms with Crippen LogP contribution < -0.4 is 5.32 Å². The molecule has 4 rings (SSSR count). The van der Waals surface area contributed by atoms with E-state index in [0.717, 1.165) is 39.9 Å². The Balaban J connectivity index is 1.48. The predicted octanol–water partition coefficient (Wildman–Crippen LogP) is 2.80. The van der Waals surface area contributed by atoms with Crippen LogP contribution in [0.3, 0.4) is 0 Å². The molecule has 2 N–H and O–H groups in total. The van der Waals surface area contributed by atoms with Gasteiger partial charge < -0.3 is 10.4 Å². The third-order valence-corrected chi connectivity index (χ3v) is 5.77. The van der Waals surface area contributed by atoms with Crippen molar-refractivity contribution in [2.24, 2.45) is 5.92 Å². The van der Waals surface area contributed by atoms with Crippen LogP contribution in [0.15, 0.2) is 24.3 Å². The highest BCUT2D eigenvalue weighted by atomic mass is 16.4. The van der Waals surface area contributed by atoms with Gasteiger partial charge in [-0.05, 0) is 57.2 Å². The SMILES string of the molecule is Cc1nc2c3ccccc3nn2c(C)c1CCC(=O)N[C@@H]1CC[C@H](C(=O)O)C1. The Morgan fingerprint density at radius 3 is 2.79 bits per heavy atom. The Kier molecular flexibility index (Phi) is 4.75. The highest BCUT2D eigenvalue weighted by molar-refractivity contribution is 5.92. The van der Waals surface area contributed by atoms with Gasteiger partial charge in [0.05, 0.1) is 11.4 Å². The molecule has 0 bridgehead atoms. The summed E-state index contributed by atoms with van der Waals surface area (Å²) in [6, 6.07) is 7.89. The first-order valence-corrected chi connectivity index (χ1v) is 9.69. The number of carbonyl (C=O) groups is 2. The van der Waals surface area contributed by atoms with Crippen LogP contribution in [0.1, 0.15) is 42.6 Å². The normalized spacial score (nSPS) is 19.4. The molecule has 2 atom stereocenters. The molecule has 7 nitrogen and oxygen atoms in total. The number of aryl methyl sites for hydroxylation is 2. The molecule has 0 unspecified atom stereocenters. The lowest BCUT2D eigenvalue weighted by Gasteiger charge is -2.14. The minimum absolute atomic E-state index is 0.0344. The molecule has 2 aromatic heterocycles. The fourth-order valence-corrected chi connectivity index (χ4v) is 4.21. The average molecular weight is 380 g/mol. The minimum atomic E-state index is -0.769. The highest BCUT2D eigenvalue weighted by Gasteiger charge is 2.30. The Labute approximate surface area is 162 Å². The van der Waals surface area contributed by atoms with E-state index in [1.807, 2.05) is 42.6 Å². The molecule has 1 aliphatic carbocycles.